The molecule has 0 heterocycles. The van der Waals surface area contributed by atoms with Crippen molar-refractivity contribution < 1.29 is 9.90 Å². The molecule has 0 fully saturated rings. The Balaban J connectivity index is 0. The van der Waals surface area contributed by atoms with Crippen molar-refractivity contribution in [1.29, 1.82) is 0 Å². The van der Waals surface area contributed by atoms with Gasteiger partial charge in [0.1, 0.15) is 0 Å². The zero-order chi connectivity index (χ0) is 18.4. The minimum Gasteiger partial charge on any atom is -0.481 e. The van der Waals surface area contributed by atoms with Crippen LogP contribution in [-0.4, -0.2) is 38.4 Å². The molecule has 0 spiro atoms. The van der Waals surface area contributed by atoms with Gasteiger partial charge in [-0.25, -0.2) is 0 Å². The number of aliphatic carboxylic acids is 1. The van der Waals surface area contributed by atoms with Crippen molar-refractivity contribution in [2.75, 3.05) is 0 Å². The van der Waals surface area contributed by atoms with Crippen LogP contribution in [-0.2, 0) is 4.79 Å². The van der Waals surface area contributed by atoms with Crippen molar-refractivity contribution in [1.82, 2.24) is 0 Å². The Morgan fingerprint density at radius 3 is 0.962 bits per heavy atom. The Bertz CT molecular complexity index is 269. The molecule has 0 saturated heterocycles. The zero-order valence-corrected chi connectivity index (χ0v) is 21.6. The van der Waals surface area contributed by atoms with Crippen LogP contribution in [0.2, 0.25) is 0 Å². The summed E-state index contributed by atoms with van der Waals surface area (Å²) in [6.45, 7) is 2.29. The first-order chi connectivity index (χ1) is 12.3. The fraction of sp³-hybridized carbons (Fsp3) is 0.957. The van der Waals surface area contributed by atoms with Crippen LogP contribution < -0.4 is 0 Å². The van der Waals surface area contributed by atoms with Gasteiger partial charge in [-0.2, -0.15) is 0 Å². The maximum absolute atomic E-state index is 10.4. The van der Waals surface area contributed by atoms with E-state index >= 15 is 0 Å². The third-order valence-electron chi connectivity index (χ3n) is 5.24. The van der Waals surface area contributed by atoms with Crippen LogP contribution in [0.3, 0.4) is 0 Å². The molecule has 0 amide bonds. The van der Waals surface area contributed by atoms with E-state index in [1.54, 1.807) is 0 Å². The third-order valence-corrected chi connectivity index (χ3v) is 5.24. The molecule has 0 aromatic heterocycles. The fourth-order valence-electron chi connectivity index (χ4n) is 3.53. The predicted molar refractivity (Wildman–Crippen MR) is 116 cm³/mol. The molecule has 1 N–H and O–H groups in total. The molecule has 154 valence electrons. The summed E-state index contributed by atoms with van der Waals surface area (Å²) in [6.07, 6.45) is 27.6. The van der Waals surface area contributed by atoms with Gasteiger partial charge in [0, 0.05) is 33.7 Å². The number of rotatable bonds is 21. The summed E-state index contributed by atoms with van der Waals surface area (Å²) >= 11 is 0. The molecule has 0 saturated carbocycles. The van der Waals surface area contributed by atoms with E-state index in [-0.39, 0.29) is 27.3 Å². The average molecular weight is 562 g/mol. The molecule has 26 heavy (non-hydrogen) atoms. The number of carboxylic acid groups (broad SMARTS) is 1. The first-order valence-corrected chi connectivity index (χ1v) is 11.5. The molecule has 0 aromatic rings. The molecule has 0 aliphatic carbocycles. The molecule has 2 nitrogen and oxygen atoms in total. The van der Waals surface area contributed by atoms with E-state index in [0.29, 0.717) is 6.42 Å². The second-order valence-electron chi connectivity index (χ2n) is 7.86. The summed E-state index contributed by atoms with van der Waals surface area (Å²) in [5.41, 5.74) is 0. The van der Waals surface area contributed by atoms with Gasteiger partial charge in [0.25, 0.3) is 0 Å². The maximum atomic E-state index is 10.4. The van der Waals surface area contributed by atoms with Gasteiger partial charge in [-0.15, -0.1) is 0 Å². The van der Waals surface area contributed by atoms with Gasteiger partial charge in [-0.3, -0.25) is 4.79 Å². The molecule has 0 atom stereocenters. The normalized spacial score (nSPS) is 10.7. The van der Waals surface area contributed by atoms with E-state index in [1.165, 1.54) is 116 Å². The van der Waals surface area contributed by atoms with E-state index in [2.05, 4.69) is 6.92 Å². The second-order valence-corrected chi connectivity index (χ2v) is 7.86. The summed E-state index contributed by atoms with van der Waals surface area (Å²) in [7, 11) is 0. The number of unbranched alkanes of at least 4 members (excludes halogenated alkanes) is 19. The summed E-state index contributed by atoms with van der Waals surface area (Å²) in [5, 5.41) is 8.56. The van der Waals surface area contributed by atoms with Gasteiger partial charge in [-0.05, 0) is 6.42 Å². The van der Waals surface area contributed by atoms with Crippen molar-refractivity contribution in [2.45, 2.75) is 142 Å². The van der Waals surface area contributed by atoms with Crippen LogP contribution in [0.4, 0.5) is 0 Å². The average Bonchev–Trinajstić information content (AvgIpc) is 2.60. The standard InChI is InChI=1S/C23H46O2.Pb/c1-2-3-4-5-6-7-8-9-10-11-12-13-14-15-16-17-18-19-20-21-22-23(24)25;/h2-22H2,1H3,(H,24,25);. The molecule has 0 aliphatic rings. The van der Waals surface area contributed by atoms with E-state index < -0.39 is 5.97 Å². The monoisotopic (exact) mass is 562 g/mol. The van der Waals surface area contributed by atoms with Gasteiger partial charge < -0.3 is 5.11 Å². The summed E-state index contributed by atoms with van der Waals surface area (Å²) < 4.78 is 0. The molecule has 0 aromatic carbocycles. The quantitative estimate of drug-likeness (QED) is 0.114. The van der Waals surface area contributed by atoms with Crippen molar-refractivity contribution >= 4 is 33.3 Å². The fourth-order valence-corrected chi connectivity index (χ4v) is 3.53. The minimum absolute atomic E-state index is 0. The van der Waals surface area contributed by atoms with Crippen LogP contribution >= 0.6 is 0 Å². The number of hydrogen-bond acceptors (Lipinski definition) is 1. The van der Waals surface area contributed by atoms with Crippen molar-refractivity contribution in [3.05, 3.63) is 0 Å². The van der Waals surface area contributed by atoms with E-state index in [0.717, 1.165) is 12.8 Å². The van der Waals surface area contributed by atoms with Gasteiger partial charge >= 0.3 is 5.97 Å². The Labute approximate surface area is 184 Å². The molecular weight excluding hydrogens is 515 g/mol. The number of carbonyl (C=O) groups is 1. The minimum atomic E-state index is -0.651. The van der Waals surface area contributed by atoms with Gasteiger partial charge in [0.15, 0.2) is 0 Å². The van der Waals surface area contributed by atoms with Crippen LogP contribution in [0.1, 0.15) is 142 Å². The SMILES string of the molecule is CCCCCCCCCCCCCCCCCCCCCCC(=O)O.[Pb]. The molecule has 0 aliphatic heterocycles. The smallest absolute Gasteiger partial charge is 0.303 e. The second kappa shape index (κ2) is 25.4. The van der Waals surface area contributed by atoms with E-state index in [1.807, 2.05) is 0 Å². The Kier molecular flexibility index (Phi) is 27.9. The summed E-state index contributed by atoms with van der Waals surface area (Å²) in [4.78, 5) is 10.4. The van der Waals surface area contributed by atoms with Crippen molar-refractivity contribution in [2.24, 2.45) is 0 Å². The Morgan fingerprint density at radius 2 is 0.731 bits per heavy atom. The van der Waals surface area contributed by atoms with Crippen LogP contribution in [0.25, 0.3) is 0 Å². The first-order valence-electron chi connectivity index (χ1n) is 11.5. The van der Waals surface area contributed by atoms with Crippen LogP contribution in [0.15, 0.2) is 0 Å². The van der Waals surface area contributed by atoms with Crippen LogP contribution in [0, 0.1) is 0 Å². The van der Waals surface area contributed by atoms with Crippen molar-refractivity contribution in [3.63, 3.8) is 0 Å². The third kappa shape index (κ3) is 26.6. The Hall–Kier alpha value is 0.392. The molecule has 4 radical (unpaired) electrons. The number of carboxylic acids is 1. The maximum Gasteiger partial charge on any atom is 0.303 e. The van der Waals surface area contributed by atoms with Gasteiger partial charge in [0.05, 0.1) is 0 Å². The molecular formula is C23H46O2Pb. The molecule has 0 rings (SSSR count). The largest absolute Gasteiger partial charge is 0.481 e. The first kappa shape index (κ1) is 28.6. The van der Waals surface area contributed by atoms with Gasteiger partial charge in [0.2, 0.25) is 0 Å². The van der Waals surface area contributed by atoms with Crippen LogP contribution in [0.5, 0.6) is 0 Å². The predicted octanol–water partition coefficient (Wildman–Crippen LogP) is 7.90. The summed E-state index contributed by atoms with van der Waals surface area (Å²) in [6, 6.07) is 0. The van der Waals surface area contributed by atoms with E-state index in [9.17, 15) is 4.79 Å². The summed E-state index contributed by atoms with van der Waals surface area (Å²) in [5.74, 6) is -0.651. The van der Waals surface area contributed by atoms with Crippen molar-refractivity contribution in [3.8, 4) is 0 Å². The number of hydrogen-bond donors (Lipinski definition) is 1. The zero-order valence-electron chi connectivity index (χ0n) is 17.7. The Morgan fingerprint density at radius 1 is 0.500 bits per heavy atom. The molecule has 0 bridgehead atoms. The topological polar surface area (TPSA) is 37.3 Å². The molecule has 0 unspecified atom stereocenters. The molecule has 3 heteroatoms. The van der Waals surface area contributed by atoms with E-state index in [4.69, 9.17) is 5.11 Å². The van der Waals surface area contributed by atoms with Gasteiger partial charge in [-0.1, -0.05) is 129 Å².